The molecule has 3 rings (SSSR count). The summed E-state index contributed by atoms with van der Waals surface area (Å²) in [6, 6.07) is 12.0. The van der Waals surface area contributed by atoms with E-state index in [1.807, 2.05) is 30.1 Å². The summed E-state index contributed by atoms with van der Waals surface area (Å²) >= 11 is 0. The van der Waals surface area contributed by atoms with Crippen LogP contribution in [0.2, 0.25) is 0 Å². The first-order valence-corrected chi connectivity index (χ1v) is 8.20. The van der Waals surface area contributed by atoms with Gasteiger partial charge in [0, 0.05) is 31.6 Å². The number of nitrogens with zero attached hydrogens (tertiary/aromatic N) is 1. The standard InChI is InChI=1S/C18H26N2O.ClH/c1-13(14-6-4-3-5-7-14)10-18(21)20(2)17-11-15-8-9-16(12-17)19-15;/h3-7,13,15-17,19H,8-12H2,1-2H3;1H. The molecule has 0 radical (unpaired) electrons. The molecule has 3 atom stereocenters. The van der Waals surface area contributed by atoms with Gasteiger partial charge in [-0.2, -0.15) is 0 Å². The summed E-state index contributed by atoms with van der Waals surface area (Å²) in [5.74, 6) is 0.581. The number of nitrogens with one attached hydrogen (secondary N) is 1. The van der Waals surface area contributed by atoms with E-state index in [1.165, 1.54) is 18.4 Å². The molecule has 2 bridgehead atoms. The lowest BCUT2D eigenvalue weighted by Crippen LogP contribution is -2.48. The summed E-state index contributed by atoms with van der Waals surface area (Å²) in [5.41, 5.74) is 1.25. The fraction of sp³-hybridized carbons (Fsp3) is 0.611. The quantitative estimate of drug-likeness (QED) is 0.922. The van der Waals surface area contributed by atoms with E-state index in [4.69, 9.17) is 0 Å². The summed E-state index contributed by atoms with van der Waals surface area (Å²) < 4.78 is 0. The van der Waals surface area contributed by atoms with Crippen LogP contribution in [0.1, 0.15) is 50.5 Å². The largest absolute Gasteiger partial charge is 0.343 e. The molecule has 2 fully saturated rings. The predicted octanol–water partition coefficient (Wildman–Crippen LogP) is 3.34. The number of fused-ring (bicyclic) bond motifs is 2. The van der Waals surface area contributed by atoms with Gasteiger partial charge in [0.15, 0.2) is 0 Å². The number of hydrogen-bond acceptors (Lipinski definition) is 2. The van der Waals surface area contributed by atoms with Crippen molar-refractivity contribution in [2.24, 2.45) is 0 Å². The first-order valence-electron chi connectivity index (χ1n) is 8.20. The second-order valence-corrected chi connectivity index (χ2v) is 6.78. The molecule has 2 heterocycles. The maximum atomic E-state index is 12.6. The van der Waals surface area contributed by atoms with Gasteiger partial charge in [0.1, 0.15) is 0 Å². The van der Waals surface area contributed by atoms with Crippen molar-refractivity contribution in [3.05, 3.63) is 35.9 Å². The summed E-state index contributed by atoms with van der Waals surface area (Å²) in [7, 11) is 2.00. The SMILES string of the molecule is CC(CC(=O)N(C)C1CC2CCC(C1)N2)c1ccccc1.Cl. The highest BCUT2D eigenvalue weighted by atomic mass is 35.5. The van der Waals surface area contributed by atoms with Crippen LogP contribution in [0.3, 0.4) is 0 Å². The van der Waals surface area contributed by atoms with Crippen molar-refractivity contribution in [1.29, 1.82) is 0 Å². The second-order valence-electron chi connectivity index (χ2n) is 6.78. The number of piperidine rings is 1. The van der Waals surface area contributed by atoms with Gasteiger partial charge >= 0.3 is 0 Å². The van der Waals surface area contributed by atoms with Gasteiger partial charge in [-0.1, -0.05) is 37.3 Å². The van der Waals surface area contributed by atoms with E-state index in [9.17, 15) is 4.79 Å². The first-order chi connectivity index (χ1) is 10.1. The Kier molecular flexibility index (Phi) is 5.87. The lowest BCUT2D eigenvalue weighted by molar-refractivity contribution is -0.133. The summed E-state index contributed by atoms with van der Waals surface area (Å²) in [6.45, 7) is 2.15. The van der Waals surface area contributed by atoms with Crippen LogP contribution in [0.5, 0.6) is 0 Å². The summed E-state index contributed by atoms with van der Waals surface area (Å²) in [4.78, 5) is 14.6. The molecule has 0 aliphatic carbocycles. The van der Waals surface area contributed by atoms with Crippen LogP contribution < -0.4 is 5.32 Å². The van der Waals surface area contributed by atoms with Crippen LogP contribution in [0.15, 0.2) is 30.3 Å². The van der Waals surface area contributed by atoms with Gasteiger partial charge < -0.3 is 10.2 Å². The maximum absolute atomic E-state index is 12.6. The van der Waals surface area contributed by atoms with E-state index in [0.717, 1.165) is 12.8 Å². The van der Waals surface area contributed by atoms with E-state index < -0.39 is 0 Å². The Labute approximate surface area is 139 Å². The maximum Gasteiger partial charge on any atom is 0.223 e. The van der Waals surface area contributed by atoms with E-state index in [1.54, 1.807) is 0 Å². The summed E-state index contributed by atoms with van der Waals surface area (Å²) in [5, 5.41) is 3.64. The number of halogens is 1. The molecule has 2 aliphatic rings. The molecular weight excluding hydrogens is 296 g/mol. The van der Waals surface area contributed by atoms with Crippen molar-refractivity contribution < 1.29 is 4.79 Å². The molecule has 2 aliphatic heterocycles. The van der Waals surface area contributed by atoms with Gasteiger partial charge in [-0.05, 0) is 37.2 Å². The van der Waals surface area contributed by atoms with Gasteiger partial charge in [-0.25, -0.2) is 0 Å². The fourth-order valence-corrected chi connectivity index (χ4v) is 3.85. The average molecular weight is 323 g/mol. The van der Waals surface area contributed by atoms with Gasteiger partial charge in [-0.3, -0.25) is 4.79 Å². The Morgan fingerprint density at radius 1 is 1.23 bits per heavy atom. The van der Waals surface area contributed by atoms with Crippen molar-refractivity contribution in [3.8, 4) is 0 Å². The van der Waals surface area contributed by atoms with E-state index in [-0.39, 0.29) is 18.3 Å². The number of amides is 1. The molecule has 0 saturated carbocycles. The molecule has 122 valence electrons. The predicted molar refractivity (Wildman–Crippen MR) is 92.5 cm³/mol. The molecular formula is C18H27ClN2O. The van der Waals surface area contributed by atoms with Gasteiger partial charge in [0.2, 0.25) is 5.91 Å². The van der Waals surface area contributed by atoms with Crippen LogP contribution in [0.4, 0.5) is 0 Å². The lowest BCUT2D eigenvalue weighted by Gasteiger charge is -2.36. The van der Waals surface area contributed by atoms with Gasteiger partial charge in [0.25, 0.3) is 0 Å². The Hall–Kier alpha value is -1.06. The molecule has 22 heavy (non-hydrogen) atoms. The van der Waals surface area contributed by atoms with Crippen LogP contribution in [0, 0.1) is 0 Å². The third-order valence-electron chi connectivity index (χ3n) is 5.24. The number of rotatable bonds is 4. The highest BCUT2D eigenvalue weighted by Crippen LogP contribution is 2.30. The van der Waals surface area contributed by atoms with E-state index in [2.05, 4.69) is 24.4 Å². The molecule has 3 unspecified atom stereocenters. The Morgan fingerprint density at radius 3 is 2.41 bits per heavy atom. The Bertz CT molecular complexity index is 481. The van der Waals surface area contributed by atoms with Crippen molar-refractivity contribution in [3.63, 3.8) is 0 Å². The Morgan fingerprint density at radius 2 is 1.82 bits per heavy atom. The molecule has 1 N–H and O–H groups in total. The third kappa shape index (κ3) is 3.82. The monoisotopic (exact) mass is 322 g/mol. The number of carbonyl (C=O) groups is 1. The van der Waals surface area contributed by atoms with Gasteiger partial charge in [-0.15, -0.1) is 12.4 Å². The highest BCUT2D eigenvalue weighted by Gasteiger charge is 2.36. The molecule has 0 aromatic heterocycles. The van der Waals surface area contributed by atoms with Crippen molar-refractivity contribution in [1.82, 2.24) is 10.2 Å². The first kappa shape index (κ1) is 17.3. The third-order valence-corrected chi connectivity index (χ3v) is 5.24. The molecule has 1 aromatic carbocycles. The smallest absolute Gasteiger partial charge is 0.223 e. The van der Waals surface area contributed by atoms with Crippen LogP contribution in [0.25, 0.3) is 0 Å². The van der Waals surface area contributed by atoms with Crippen molar-refractivity contribution in [2.75, 3.05) is 7.05 Å². The zero-order chi connectivity index (χ0) is 14.8. The van der Waals surface area contributed by atoms with E-state index >= 15 is 0 Å². The van der Waals surface area contributed by atoms with E-state index in [0.29, 0.717) is 30.5 Å². The molecule has 1 aromatic rings. The number of benzene rings is 1. The number of hydrogen-bond donors (Lipinski definition) is 1. The fourth-order valence-electron chi connectivity index (χ4n) is 3.85. The lowest BCUT2D eigenvalue weighted by atomic mass is 9.95. The molecule has 0 spiro atoms. The highest BCUT2D eigenvalue weighted by molar-refractivity contribution is 5.85. The minimum absolute atomic E-state index is 0. The summed E-state index contributed by atoms with van der Waals surface area (Å²) in [6.07, 6.45) is 5.42. The van der Waals surface area contributed by atoms with Gasteiger partial charge in [0.05, 0.1) is 0 Å². The molecule has 3 nitrogen and oxygen atoms in total. The van der Waals surface area contributed by atoms with Crippen molar-refractivity contribution >= 4 is 18.3 Å². The topological polar surface area (TPSA) is 32.3 Å². The zero-order valence-electron chi connectivity index (χ0n) is 13.5. The van der Waals surface area contributed by atoms with Crippen LogP contribution >= 0.6 is 12.4 Å². The second kappa shape index (κ2) is 7.47. The van der Waals surface area contributed by atoms with Crippen molar-refractivity contribution in [2.45, 2.75) is 63.1 Å². The molecule has 1 amide bonds. The molecule has 2 saturated heterocycles. The minimum atomic E-state index is 0. The Balaban J connectivity index is 0.00000176. The average Bonchev–Trinajstić information content (AvgIpc) is 2.85. The minimum Gasteiger partial charge on any atom is -0.343 e. The van der Waals surface area contributed by atoms with Crippen LogP contribution in [-0.4, -0.2) is 36.0 Å². The number of carbonyl (C=O) groups excluding carboxylic acids is 1. The molecule has 4 heteroatoms. The van der Waals surface area contributed by atoms with Crippen LogP contribution in [-0.2, 0) is 4.79 Å². The normalized spacial score (nSPS) is 27.8. The zero-order valence-corrected chi connectivity index (χ0v) is 14.3.